The number of nitriles is 1. The van der Waals surface area contributed by atoms with Crippen LogP contribution in [0.4, 0.5) is 10.1 Å². The number of carbonyl (C=O) groups is 2. The van der Waals surface area contributed by atoms with Gasteiger partial charge in [0.15, 0.2) is 0 Å². The van der Waals surface area contributed by atoms with E-state index in [0.717, 1.165) is 23.1 Å². The number of hydrogen-bond acceptors (Lipinski definition) is 5. The number of nitrogens with one attached hydrogen (secondary N) is 2. The number of hydrogen-bond donors (Lipinski definition) is 2. The van der Waals surface area contributed by atoms with Crippen LogP contribution in [0, 0.1) is 17.1 Å². The van der Waals surface area contributed by atoms with Crippen molar-refractivity contribution in [2.75, 3.05) is 17.7 Å². The highest BCUT2D eigenvalue weighted by atomic mass is 32.2. The lowest BCUT2D eigenvalue weighted by Crippen LogP contribution is -2.31. The first-order valence-corrected chi connectivity index (χ1v) is 10.3. The summed E-state index contributed by atoms with van der Waals surface area (Å²) in [6, 6.07) is 14.9. The molecule has 154 valence electrons. The summed E-state index contributed by atoms with van der Waals surface area (Å²) >= 11 is 1.09. The lowest BCUT2D eigenvalue weighted by atomic mass is 9.87. The van der Waals surface area contributed by atoms with Gasteiger partial charge in [0.25, 0.3) is 0 Å². The molecule has 0 radical (unpaired) electrons. The molecule has 0 saturated carbocycles. The first-order valence-electron chi connectivity index (χ1n) is 9.35. The van der Waals surface area contributed by atoms with Gasteiger partial charge in [0, 0.05) is 18.0 Å². The molecule has 3 rings (SSSR count). The molecule has 1 atom stereocenters. The van der Waals surface area contributed by atoms with Crippen LogP contribution in [0.2, 0.25) is 0 Å². The molecule has 30 heavy (non-hydrogen) atoms. The predicted molar refractivity (Wildman–Crippen MR) is 113 cm³/mol. The van der Waals surface area contributed by atoms with E-state index >= 15 is 0 Å². The van der Waals surface area contributed by atoms with Crippen LogP contribution in [0.5, 0.6) is 5.75 Å². The highest BCUT2D eigenvalue weighted by Gasteiger charge is 2.29. The van der Waals surface area contributed by atoms with E-state index in [9.17, 15) is 19.2 Å². The van der Waals surface area contributed by atoms with Gasteiger partial charge in [0.1, 0.15) is 11.6 Å². The van der Waals surface area contributed by atoms with Gasteiger partial charge in [-0.3, -0.25) is 9.59 Å². The molecule has 2 aromatic carbocycles. The molecule has 2 amide bonds. The van der Waals surface area contributed by atoms with E-state index in [4.69, 9.17) is 4.74 Å². The van der Waals surface area contributed by atoms with Crippen molar-refractivity contribution in [3.8, 4) is 11.8 Å². The molecule has 2 N–H and O–H groups in total. The predicted octanol–water partition coefficient (Wildman–Crippen LogP) is 3.93. The van der Waals surface area contributed by atoms with Gasteiger partial charge in [-0.25, -0.2) is 4.39 Å². The number of carbonyl (C=O) groups excluding carboxylic acids is 2. The van der Waals surface area contributed by atoms with E-state index in [1.165, 1.54) is 24.3 Å². The van der Waals surface area contributed by atoms with Crippen molar-refractivity contribution in [3.05, 3.63) is 70.5 Å². The van der Waals surface area contributed by atoms with Crippen molar-refractivity contribution in [1.82, 2.24) is 5.32 Å². The lowest BCUT2D eigenvalue weighted by Gasteiger charge is -2.25. The SMILES string of the molecule is CCOc1ccc([C@@H]2CC(=O)NC(SCC(=O)Nc3ccc(F)cc3)=C2C#N)cc1. The van der Waals surface area contributed by atoms with Crippen LogP contribution >= 0.6 is 11.8 Å². The summed E-state index contributed by atoms with van der Waals surface area (Å²) in [6.07, 6.45) is 0.155. The minimum atomic E-state index is -0.392. The number of nitrogens with zero attached hydrogens (tertiary/aromatic N) is 1. The van der Waals surface area contributed by atoms with Gasteiger partial charge >= 0.3 is 0 Å². The van der Waals surface area contributed by atoms with Gasteiger partial charge in [-0.15, -0.1) is 0 Å². The molecule has 0 fully saturated rings. The smallest absolute Gasteiger partial charge is 0.234 e. The number of halogens is 1. The standard InChI is InChI=1S/C22H20FN3O3S/c1-2-29-17-9-3-14(4-10-17)18-11-20(27)26-22(19(18)12-24)30-13-21(28)25-16-7-5-15(23)6-8-16/h3-10,18H,2,11,13H2,1H3,(H,25,28)(H,26,27)/t18-/m0/s1. The number of amides is 2. The minimum Gasteiger partial charge on any atom is -0.494 e. The molecule has 0 aliphatic carbocycles. The van der Waals surface area contributed by atoms with Crippen LogP contribution in [0.15, 0.2) is 59.1 Å². The first-order chi connectivity index (χ1) is 14.5. The van der Waals surface area contributed by atoms with Gasteiger partial charge in [-0.05, 0) is 48.9 Å². The fourth-order valence-corrected chi connectivity index (χ4v) is 3.93. The monoisotopic (exact) mass is 425 g/mol. The third kappa shape index (κ3) is 5.39. The zero-order chi connectivity index (χ0) is 21.5. The molecule has 1 aliphatic rings. The van der Waals surface area contributed by atoms with Crippen LogP contribution in [0.25, 0.3) is 0 Å². The molecule has 0 saturated heterocycles. The molecule has 2 aromatic rings. The van der Waals surface area contributed by atoms with E-state index < -0.39 is 5.82 Å². The Morgan fingerprint density at radius 2 is 1.97 bits per heavy atom. The molecular formula is C22H20FN3O3S. The Labute approximate surface area is 178 Å². The normalized spacial score (nSPS) is 15.9. The fraction of sp³-hybridized carbons (Fsp3) is 0.227. The third-order valence-corrected chi connectivity index (χ3v) is 5.44. The van der Waals surface area contributed by atoms with Crippen molar-refractivity contribution in [3.63, 3.8) is 0 Å². The highest BCUT2D eigenvalue weighted by molar-refractivity contribution is 8.03. The van der Waals surface area contributed by atoms with E-state index in [2.05, 4.69) is 16.7 Å². The second kappa shape index (κ2) is 9.94. The molecule has 0 bridgehead atoms. The third-order valence-electron chi connectivity index (χ3n) is 4.43. The average Bonchev–Trinajstić information content (AvgIpc) is 2.74. The Kier molecular flexibility index (Phi) is 7.09. The minimum absolute atomic E-state index is 0.00579. The summed E-state index contributed by atoms with van der Waals surface area (Å²) in [7, 11) is 0. The van der Waals surface area contributed by atoms with Crippen molar-refractivity contribution < 1.29 is 18.7 Å². The molecule has 1 aliphatic heterocycles. The number of anilines is 1. The van der Waals surface area contributed by atoms with E-state index in [0.29, 0.717) is 22.9 Å². The molecule has 0 aromatic heterocycles. The molecule has 1 heterocycles. The van der Waals surface area contributed by atoms with Crippen molar-refractivity contribution in [1.29, 1.82) is 5.26 Å². The maximum atomic E-state index is 13.0. The number of thioether (sulfide) groups is 1. The van der Waals surface area contributed by atoms with Crippen LogP contribution < -0.4 is 15.4 Å². The maximum absolute atomic E-state index is 13.0. The summed E-state index contributed by atoms with van der Waals surface area (Å²) in [4.78, 5) is 24.4. The quantitative estimate of drug-likeness (QED) is 0.701. The lowest BCUT2D eigenvalue weighted by molar-refractivity contribution is -0.121. The van der Waals surface area contributed by atoms with E-state index in [1.807, 2.05) is 31.2 Å². The Morgan fingerprint density at radius 1 is 1.27 bits per heavy atom. The largest absolute Gasteiger partial charge is 0.494 e. The number of benzene rings is 2. The average molecular weight is 425 g/mol. The van der Waals surface area contributed by atoms with Gasteiger partial charge < -0.3 is 15.4 Å². The number of rotatable bonds is 7. The Hall–Kier alpha value is -3.31. The molecule has 0 spiro atoms. The van der Waals surface area contributed by atoms with E-state index in [1.54, 1.807) is 0 Å². The van der Waals surface area contributed by atoms with Gasteiger partial charge in [-0.1, -0.05) is 23.9 Å². The van der Waals surface area contributed by atoms with Crippen molar-refractivity contribution in [2.45, 2.75) is 19.3 Å². The molecular weight excluding hydrogens is 405 g/mol. The number of ether oxygens (including phenoxy) is 1. The summed E-state index contributed by atoms with van der Waals surface area (Å²) < 4.78 is 18.4. The summed E-state index contributed by atoms with van der Waals surface area (Å²) in [6.45, 7) is 2.45. The second-order valence-electron chi connectivity index (χ2n) is 6.51. The Balaban J connectivity index is 1.72. The summed E-state index contributed by atoms with van der Waals surface area (Å²) in [5, 5.41) is 15.4. The number of allylic oxidation sites excluding steroid dienone is 1. The first kappa shape index (κ1) is 21.4. The van der Waals surface area contributed by atoms with E-state index in [-0.39, 0.29) is 29.9 Å². The molecule has 6 nitrogen and oxygen atoms in total. The van der Waals surface area contributed by atoms with Crippen LogP contribution in [0.3, 0.4) is 0 Å². The van der Waals surface area contributed by atoms with Crippen LogP contribution in [0.1, 0.15) is 24.8 Å². The summed E-state index contributed by atoms with van der Waals surface area (Å²) in [5.41, 5.74) is 1.72. The maximum Gasteiger partial charge on any atom is 0.234 e. The highest BCUT2D eigenvalue weighted by Crippen LogP contribution is 2.36. The van der Waals surface area contributed by atoms with Gasteiger partial charge in [0.2, 0.25) is 11.8 Å². The molecule has 8 heteroatoms. The topological polar surface area (TPSA) is 91.2 Å². The van der Waals surface area contributed by atoms with Crippen molar-refractivity contribution in [2.24, 2.45) is 0 Å². The van der Waals surface area contributed by atoms with Gasteiger partial charge in [-0.2, -0.15) is 5.26 Å². The van der Waals surface area contributed by atoms with Crippen LogP contribution in [-0.4, -0.2) is 24.2 Å². The zero-order valence-corrected chi connectivity index (χ0v) is 17.1. The summed E-state index contributed by atoms with van der Waals surface area (Å²) in [5.74, 6) is -0.605. The van der Waals surface area contributed by atoms with Crippen molar-refractivity contribution >= 4 is 29.3 Å². The van der Waals surface area contributed by atoms with Gasteiger partial charge in [0.05, 0.1) is 29.0 Å². The zero-order valence-electron chi connectivity index (χ0n) is 16.3. The van der Waals surface area contributed by atoms with Crippen LogP contribution in [-0.2, 0) is 9.59 Å². The second-order valence-corrected chi connectivity index (χ2v) is 7.49. The molecule has 0 unspecified atom stereocenters. The Morgan fingerprint density at radius 3 is 2.60 bits per heavy atom. The fourth-order valence-electron chi connectivity index (χ4n) is 3.05. The Bertz CT molecular complexity index is 998.